The van der Waals surface area contributed by atoms with Gasteiger partial charge in [-0.25, -0.2) is 5.48 Å². The molecule has 3 N–H and O–H groups in total. The van der Waals surface area contributed by atoms with Gasteiger partial charge in [0.2, 0.25) is 0 Å². The van der Waals surface area contributed by atoms with Crippen molar-refractivity contribution >= 4 is 27.3 Å². The summed E-state index contributed by atoms with van der Waals surface area (Å²) in [6, 6.07) is 8.56. The monoisotopic (exact) mass is 439 g/mol. The predicted molar refractivity (Wildman–Crippen MR) is 109 cm³/mol. The fourth-order valence-electron chi connectivity index (χ4n) is 3.19. The fraction of sp³-hybridized carbons (Fsp3) is 0.200. The molecule has 1 aliphatic rings. The van der Waals surface area contributed by atoms with Crippen LogP contribution in [0, 0.1) is 11.3 Å². The number of amides is 1. The molecule has 1 heterocycles. The zero-order valence-corrected chi connectivity index (χ0v) is 16.4. The Labute approximate surface area is 183 Å². The van der Waals surface area contributed by atoms with E-state index in [0.29, 0.717) is 16.7 Å². The lowest BCUT2D eigenvalue weighted by Crippen LogP contribution is -2.35. The summed E-state index contributed by atoms with van der Waals surface area (Å²) in [5.41, 5.74) is 3.11. The summed E-state index contributed by atoms with van der Waals surface area (Å²) in [4.78, 5) is 11.5. The molecule has 0 aliphatic carbocycles. The Morgan fingerprint density at radius 1 is 1.34 bits per heavy atom. The highest BCUT2D eigenvalue weighted by Gasteiger charge is 2.35. The van der Waals surface area contributed by atoms with Gasteiger partial charge in [0.1, 0.15) is 33.3 Å². The number of hydrogen-bond acceptors (Lipinski definition) is 6. The molecule has 1 amide bonds. The van der Waals surface area contributed by atoms with Crippen LogP contribution >= 0.6 is 0 Å². The zero-order valence-electron chi connectivity index (χ0n) is 16.4. The molecule has 0 unspecified atom stereocenters. The first-order valence-electron chi connectivity index (χ1n) is 9.03. The number of nitrogens with one attached hydrogen (secondary N) is 2. The van der Waals surface area contributed by atoms with Crippen LogP contribution < -0.4 is 20.3 Å². The van der Waals surface area contributed by atoms with Crippen LogP contribution in [0.2, 0.25) is 0 Å². The van der Waals surface area contributed by atoms with Gasteiger partial charge in [-0.2, -0.15) is 5.26 Å². The summed E-state index contributed by atoms with van der Waals surface area (Å²) in [6.07, 6.45) is -4.85. The van der Waals surface area contributed by atoms with Crippen LogP contribution in [-0.2, 0) is 11.2 Å². The number of nitriles is 1. The largest absolute Gasteiger partial charge is 0.573 e. The van der Waals surface area contributed by atoms with Gasteiger partial charge in [0.25, 0.3) is 5.91 Å². The van der Waals surface area contributed by atoms with Crippen LogP contribution in [0.25, 0.3) is 11.1 Å². The second-order valence-electron chi connectivity index (χ2n) is 6.97. The first-order valence-corrected chi connectivity index (χ1v) is 9.03. The van der Waals surface area contributed by atoms with Gasteiger partial charge in [-0.05, 0) is 30.2 Å². The SMILES string of the molecule is [B]C1([B])Cc2c(C#N)c(NCC(=C)C(=O)NO)cc(-c3ccc(OC(F)(F)F)cc3)c2O1. The highest BCUT2D eigenvalue weighted by Crippen LogP contribution is 2.45. The van der Waals surface area contributed by atoms with E-state index in [1.165, 1.54) is 23.7 Å². The molecule has 0 bridgehead atoms. The summed E-state index contributed by atoms with van der Waals surface area (Å²) >= 11 is 0. The second kappa shape index (κ2) is 8.51. The molecule has 4 radical (unpaired) electrons. The number of nitrogens with zero attached hydrogens (tertiary/aromatic N) is 1. The Kier molecular flexibility index (Phi) is 6.14. The lowest BCUT2D eigenvalue weighted by Gasteiger charge is -2.20. The smallest absolute Gasteiger partial charge is 0.506 e. The third-order valence-electron chi connectivity index (χ3n) is 4.55. The van der Waals surface area contributed by atoms with E-state index in [1.54, 1.807) is 0 Å². The first-order chi connectivity index (χ1) is 14.9. The van der Waals surface area contributed by atoms with Crippen molar-refractivity contribution in [1.82, 2.24) is 5.48 Å². The molecule has 160 valence electrons. The summed E-state index contributed by atoms with van der Waals surface area (Å²) in [6.45, 7) is 3.41. The van der Waals surface area contributed by atoms with Crippen LogP contribution in [0.5, 0.6) is 11.5 Å². The minimum absolute atomic E-state index is 0.0128. The topological polar surface area (TPSA) is 104 Å². The molecule has 12 heteroatoms. The van der Waals surface area contributed by atoms with E-state index in [9.17, 15) is 23.2 Å². The highest BCUT2D eigenvalue weighted by atomic mass is 19.4. The third kappa shape index (κ3) is 5.00. The first kappa shape index (κ1) is 23.1. The van der Waals surface area contributed by atoms with Crippen molar-refractivity contribution in [1.29, 1.82) is 5.26 Å². The van der Waals surface area contributed by atoms with Crippen molar-refractivity contribution in [2.24, 2.45) is 0 Å². The number of alkyl halides is 3. The molecule has 32 heavy (non-hydrogen) atoms. The van der Waals surface area contributed by atoms with E-state index in [0.717, 1.165) is 12.1 Å². The molecule has 0 atom stereocenters. The number of carbonyl (C=O) groups is 1. The summed E-state index contributed by atoms with van der Waals surface area (Å²) in [5.74, 6) is -1.01. The van der Waals surface area contributed by atoms with Gasteiger partial charge >= 0.3 is 6.36 Å². The Morgan fingerprint density at radius 3 is 2.56 bits per heavy atom. The van der Waals surface area contributed by atoms with Crippen LogP contribution in [0.15, 0.2) is 42.5 Å². The fourth-order valence-corrected chi connectivity index (χ4v) is 3.19. The van der Waals surface area contributed by atoms with Crippen molar-refractivity contribution < 1.29 is 32.6 Å². The molecule has 0 saturated heterocycles. The summed E-state index contributed by atoms with van der Waals surface area (Å²) in [5, 5.41) is 19.7. The molecule has 0 fully saturated rings. The maximum Gasteiger partial charge on any atom is 0.573 e. The van der Waals surface area contributed by atoms with Gasteiger partial charge in [-0.15, -0.1) is 13.2 Å². The van der Waals surface area contributed by atoms with Crippen molar-refractivity contribution in [3.05, 3.63) is 53.6 Å². The summed E-state index contributed by atoms with van der Waals surface area (Å²) in [7, 11) is 11.8. The Morgan fingerprint density at radius 2 is 2.00 bits per heavy atom. The van der Waals surface area contributed by atoms with Crippen molar-refractivity contribution in [3.8, 4) is 28.7 Å². The van der Waals surface area contributed by atoms with Crippen molar-refractivity contribution in [2.75, 3.05) is 11.9 Å². The van der Waals surface area contributed by atoms with E-state index < -0.39 is 23.4 Å². The lowest BCUT2D eigenvalue weighted by atomic mass is 9.63. The molecular weight excluding hydrogens is 425 g/mol. The van der Waals surface area contributed by atoms with Gasteiger partial charge in [-0.3, -0.25) is 10.0 Å². The van der Waals surface area contributed by atoms with E-state index >= 15 is 0 Å². The molecular formula is C20H14B2F3N3O4. The van der Waals surface area contributed by atoms with Crippen LogP contribution in [-0.4, -0.2) is 45.1 Å². The van der Waals surface area contributed by atoms with Gasteiger partial charge in [0.05, 0.1) is 11.3 Å². The number of benzene rings is 2. The van der Waals surface area contributed by atoms with Crippen LogP contribution in [0.3, 0.4) is 0 Å². The van der Waals surface area contributed by atoms with Gasteiger partial charge in [0.15, 0.2) is 0 Å². The van der Waals surface area contributed by atoms with Crippen LogP contribution in [0.4, 0.5) is 18.9 Å². The second-order valence-corrected chi connectivity index (χ2v) is 6.97. The Balaban J connectivity index is 2.04. The predicted octanol–water partition coefficient (Wildman–Crippen LogP) is 2.52. The zero-order chi connectivity index (χ0) is 23.7. The maximum absolute atomic E-state index is 12.4. The number of hydrogen-bond donors (Lipinski definition) is 3. The number of fused-ring (bicyclic) bond motifs is 1. The number of halogens is 3. The van der Waals surface area contributed by atoms with Gasteiger partial charge in [0, 0.05) is 28.6 Å². The number of hydroxylamine groups is 1. The molecule has 0 saturated carbocycles. The van der Waals surface area contributed by atoms with E-state index in [1.807, 2.05) is 6.07 Å². The number of anilines is 1. The molecule has 2 aromatic carbocycles. The molecule has 7 nitrogen and oxygen atoms in total. The normalized spacial score (nSPS) is 14.0. The average Bonchev–Trinajstić information content (AvgIpc) is 3.04. The van der Waals surface area contributed by atoms with E-state index in [4.69, 9.17) is 25.6 Å². The van der Waals surface area contributed by atoms with Crippen molar-refractivity contribution in [2.45, 2.75) is 18.2 Å². The average molecular weight is 439 g/mol. The highest BCUT2D eigenvalue weighted by molar-refractivity contribution is 6.39. The number of carbonyl (C=O) groups excluding carboxylic acids is 1. The molecule has 0 spiro atoms. The quantitative estimate of drug-likeness (QED) is 0.277. The Hall–Kier alpha value is -3.58. The molecule has 0 aromatic heterocycles. The minimum atomic E-state index is -4.83. The third-order valence-corrected chi connectivity index (χ3v) is 4.55. The van der Waals surface area contributed by atoms with Gasteiger partial charge in [-0.1, -0.05) is 18.7 Å². The standard InChI is InChI=1S/C20H14B2F3N3O4/c1-10(18(29)28-30)9-27-16-6-13(11-2-4-12(5-3-11)31-20(23,24)25)17-14(15(16)8-26)7-19(21,22)32-17/h2-6,27,30H,1,7,9H2,(H,28,29). The van der Waals surface area contributed by atoms with E-state index in [2.05, 4.69) is 16.6 Å². The van der Waals surface area contributed by atoms with Crippen LogP contribution in [0.1, 0.15) is 11.1 Å². The number of ether oxygens (including phenoxy) is 2. The number of rotatable bonds is 6. The lowest BCUT2D eigenvalue weighted by molar-refractivity contribution is -0.274. The van der Waals surface area contributed by atoms with E-state index in [-0.39, 0.29) is 35.5 Å². The molecule has 3 rings (SSSR count). The molecule has 2 aromatic rings. The molecule has 1 aliphatic heterocycles. The Bertz CT molecular complexity index is 1110. The van der Waals surface area contributed by atoms with Gasteiger partial charge < -0.3 is 14.8 Å². The maximum atomic E-state index is 12.4. The summed E-state index contributed by atoms with van der Waals surface area (Å²) < 4.78 is 46.8. The minimum Gasteiger partial charge on any atom is -0.506 e. The van der Waals surface area contributed by atoms with Crippen molar-refractivity contribution in [3.63, 3.8) is 0 Å².